The Hall–Kier alpha value is -1.77. The Morgan fingerprint density at radius 3 is 2.70 bits per heavy atom. The van der Waals surface area contributed by atoms with Crippen molar-refractivity contribution in [3.05, 3.63) is 33.3 Å². The summed E-state index contributed by atoms with van der Waals surface area (Å²) in [6.07, 6.45) is 0. The Bertz CT molecular complexity index is 639. The van der Waals surface area contributed by atoms with Crippen LogP contribution in [0.25, 0.3) is 0 Å². The summed E-state index contributed by atoms with van der Waals surface area (Å²) < 4.78 is 4.62. The van der Waals surface area contributed by atoms with Crippen LogP contribution in [-0.2, 0) is 9.53 Å². The minimum Gasteiger partial charge on any atom is -0.467 e. The molecule has 7 heteroatoms. The molecule has 1 aliphatic heterocycles. The lowest BCUT2D eigenvalue weighted by molar-refractivity contribution is -0.145. The number of rotatable bonds is 2. The Morgan fingerprint density at radius 2 is 2.15 bits per heavy atom. The van der Waals surface area contributed by atoms with E-state index in [2.05, 4.69) is 4.74 Å². The van der Waals surface area contributed by atoms with Crippen LogP contribution >= 0.6 is 23.2 Å². The lowest BCUT2D eigenvalue weighted by atomic mass is 10.1. The molecule has 0 spiro atoms. The van der Waals surface area contributed by atoms with Crippen molar-refractivity contribution < 1.29 is 14.3 Å². The van der Waals surface area contributed by atoms with E-state index < -0.39 is 24.0 Å². The van der Waals surface area contributed by atoms with Gasteiger partial charge in [-0.05, 0) is 13.0 Å². The van der Waals surface area contributed by atoms with E-state index in [0.29, 0.717) is 5.56 Å². The molecule has 0 fully saturated rings. The number of fused-ring (bicyclic) bond motifs is 1. The minimum absolute atomic E-state index is 0.0917. The molecule has 1 heterocycles. The van der Waals surface area contributed by atoms with Crippen LogP contribution in [0.3, 0.4) is 0 Å². The molecule has 1 aromatic carbocycles. The average Bonchev–Trinajstić information content (AvgIpc) is 2.73. The maximum atomic E-state index is 12.4. The maximum Gasteiger partial charge on any atom is 0.328 e. The number of halogens is 2. The summed E-state index contributed by atoms with van der Waals surface area (Å²) in [7, 11) is 1.22. The van der Waals surface area contributed by atoms with Gasteiger partial charge in [0.15, 0.2) is 0 Å². The monoisotopic (exact) mass is 312 g/mol. The number of hydrogen-bond donors (Lipinski definition) is 0. The molecule has 0 N–H and O–H groups in total. The summed E-state index contributed by atoms with van der Waals surface area (Å²) in [5, 5.41) is 9.61. The lowest BCUT2D eigenvalue weighted by Crippen LogP contribution is -2.41. The highest BCUT2D eigenvalue weighted by Crippen LogP contribution is 2.41. The molecule has 104 valence electrons. The van der Waals surface area contributed by atoms with E-state index >= 15 is 0 Å². The molecule has 0 saturated heterocycles. The average molecular weight is 313 g/mol. The Labute approximate surface area is 125 Å². The Balaban J connectivity index is 2.56. The molecule has 2 unspecified atom stereocenters. The van der Waals surface area contributed by atoms with Crippen LogP contribution in [0, 0.1) is 11.3 Å². The molecule has 0 saturated carbocycles. The van der Waals surface area contributed by atoms with Crippen molar-refractivity contribution in [2.45, 2.75) is 19.0 Å². The smallest absolute Gasteiger partial charge is 0.328 e. The first-order valence-corrected chi connectivity index (χ1v) is 6.47. The summed E-state index contributed by atoms with van der Waals surface area (Å²) in [5.41, 5.74) is 0.615. The number of hydrogen-bond acceptors (Lipinski definition) is 4. The third-order valence-electron chi connectivity index (χ3n) is 3.23. The topological polar surface area (TPSA) is 70.4 Å². The Kier molecular flexibility index (Phi) is 3.89. The fourth-order valence-corrected chi connectivity index (χ4v) is 2.63. The second-order valence-electron chi connectivity index (χ2n) is 4.27. The lowest BCUT2D eigenvalue weighted by Gasteiger charge is -2.25. The molecule has 0 radical (unpaired) electrons. The van der Waals surface area contributed by atoms with Crippen molar-refractivity contribution in [3.63, 3.8) is 0 Å². The van der Waals surface area contributed by atoms with Crippen LogP contribution in [0.2, 0.25) is 10.0 Å². The van der Waals surface area contributed by atoms with Gasteiger partial charge in [-0.1, -0.05) is 29.3 Å². The third-order valence-corrected chi connectivity index (χ3v) is 4.03. The quantitative estimate of drug-likeness (QED) is 0.787. The number of benzene rings is 1. The molecule has 0 bridgehead atoms. The van der Waals surface area contributed by atoms with E-state index in [9.17, 15) is 14.9 Å². The molecular weight excluding hydrogens is 303 g/mol. The number of amides is 1. The first-order valence-electron chi connectivity index (χ1n) is 5.72. The fourth-order valence-electron chi connectivity index (χ4n) is 2.22. The van der Waals surface area contributed by atoms with Gasteiger partial charge in [0.25, 0.3) is 5.91 Å². The van der Waals surface area contributed by atoms with E-state index in [4.69, 9.17) is 23.2 Å². The van der Waals surface area contributed by atoms with Gasteiger partial charge in [0.1, 0.15) is 12.1 Å². The number of nitriles is 1. The van der Waals surface area contributed by atoms with Crippen molar-refractivity contribution in [2.24, 2.45) is 0 Å². The van der Waals surface area contributed by atoms with Crippen molar-refractivity contribution in [1.29, 1.82) is 5.26 Å². The predicted octanol–water partition coefficient (Wildman–Crippen LogP) is 2.58. The van der Waals surface area contributed by atoms with Gasteiger partial charge in [-0.15, -0.1) is 0 Å². The summed E-state index contributed by atoms with van der Waals surface area (Å²) >= 11 is 11.9. The number of esters is 1. The van der Waals surface area contributed by atoms with Gasteiger partial charge in [0, 0.05) is 5.56 Å². The molecule has 20 heavy (non-hydrogen) atoms. The Morgan fingerprint density at radius 1 is 1.50 bits per heavy atom. The van der Waals surface area contributed by atoms with Gasteiger partial charge in [0.2, 0.25) is 0 Å². The summed E-state index contributed by atoms with van der Waals surface area (Å²) in [5.74, 6) is -1.11. The van der Waals surface area contributed by atoms with Crippen LogP contribution in [0.5, 0.6) is 0 Å². The zero-order valence-electron chi connectivity index (χ0n) is 10.7. The van der Waals surface area contributed by atoms with Gasteiger partial charge < -0.3 is 9.64 Å². The first kappa shape index (κ1) is 14.6. The highest BCUT2D eigenvalue weighted by Gasteiger charge is 2.43. The van der Waals surface area contributed by atoms with Crippen LogP contribution in [-0.4, -0.2) is 29.9 Å². The maximum absolute atomic E-state index is 12.4. The van der Waals surface area contributed by atoms with Gasteiger partial charge in [-0.2, -0.15) is 5.26 Å². The van der Waals surface area contributed by atoms with Crippen molar-refractivity contribution in [1.82, 2.24) is 4.90 Å². The van der Waals surface area contributed by atoms with E-state index in [0.717, 1.165) is 4.90 Å². The normalized spacial score (nSPS) is 18.4. The second-order valence-corrected chi connectivity index (χ2v) is 5.05. The van der Waals surface area contributed by atoms with E-state index in [1.54, 1.807) is 6.07 Å². The molecule has 2 rings (SSSR count). The highest BCUT2D eigenvalue weighted by atomic mass is 35.5. The van der Waals surface area contributed by atoms with Crippen molar-refractivity contribution >= 4 is 35.1 Å². The summed E-state index contributed by atoms with van der Waals surface area (Å²) in [6, 6.07) is 3.31. The number of carbonyl (C=O) groups excluding carboxylic acids is 2. The van der Waals surface area contributed by atoms with E-state index in [1.807, 2.05) is 6.07 Å². The molecule has 1 amide bonds. The van der Waals surface area contributed by atoms with Crippen molar-refractivity contribution in [2.75, 3.05) is 7.11 Å². The standard InChI is InChI=1S/C13H10Cl2N2O3/c1-6(13(19)20-2)17-9(5-16)7-3-4-8(14)11(15)10(7)12(17)18/h3-4,6,9H,1-2H3. The molecule has 1 aromatic rings. The van der Waals surface area contributed by atoms with Gasteiger partial charge in [-0.3, -0.25) is 4.79 Å². The van der Waals surface area contributed by atoms with Crippen molar-refractivity contribution in [3.8, 4) is 6.07 Å². The molecule has 5 nitrogen and oxygen atoms in total. The largest absolute Gasteiger partial charge is 0.467 e. The molecule has 0 aliphatic carbocycles. The molecule has 1 aliphatic rings. The highest BCUT2D eigenvalue weighted by molar-refractivity contribution is 6.44. The number of methoxy groups -OCH3 is 1. The van der Waals surface area contributed by atoms with Crippen LogP contribution in [0.1, 0.15) is 28.9 Å². The van der Waals surface area contributed by atoms with Crippen LogP contribution in [0.4, 0.5) is 0 Å². The fraction of sp³-hybridized carbons (Fsp3) is 0.308. The van der Waals surface area contributed by atoms with E-state index in [1.165, 1.54) is 20.1 Å². The zero-order valence-corrected chi connectivity index (χ0v) is 12.2. The summed E-state index contributed by atoms with van der Waals surface area (Å²) in [6.45, 7) is 1.50. The first-order chi connectivity index (χ1) is 9.43. The number of carbonyl (C=O) groups is 2. The van der Waals surface area contributed by atoms with Crippen LogP contribution in [0.15, 0.2) is 12.1 Å². The van der Waals surface area contributed by atoms with Gasteiger partial charge in [-0.25, -0.2) is 4.79 Å². The predicted molar refractivity (Wildman–Crippen MR) is 72.5 cm³/mol. The molecule has 2 atom stereocenters. The summed E-state index contributed by atoms with van der Waals surface area (Å²) in [4.78, 5) is 25.2. The SMILES string of the molecule is COC(=O)C(C)N1C(=O)c2c(ccc(Cl)c2Cl)C1C#N. The zero-order chi connectivity index (χ0) is 15.0. The van der Waals surface area contributed by atoms with E-state index in [-0.39, 0.29) is 15.6 Å². The molecule has 0 aromatic heterocycles. The van der Waals surface area contributed by atoms with Crippen LogP contribution < -0.4 is 0 Å². The minimum atomic E-state index is -0.889. The third kappa shape index (κ3) is 2.01. The van der Waals surface area contributed by atoms with Gasteiger partial charge >= 0.3 is 5.97 Å². The van der Waals surface area contributed by atoms with Gasteiger partial charge in [0.05, 0.1) is 28.8 Å². The number of ether oxygens (including phenoxy) is 1. The molecular formula is C13H10Cl2N2O3. The second kappa shape index (κ2) is 5.31. The number of nitrogens with zero attached hydrogens (tertiary/aromatic N) is 2.